The van der Waals surface area contributed by atoms with Crippen molar-refractivity contribution in [1.82, 2.24) is 25.1 Å². The number of hydrogen-bond acceptors (Lipinski definition) is 4. The molecule has 3 heterocycles. The van der Waals surface area contributed by atoms with Crippen LogP contribution in [0.1, 0.15) is 56.6 Å². The molecule has 2 N–H and O–H groups in total. The minimum atomic E-state index is 0.742. The first kappa shape index (κ1) is 20.7. The third-order valence-corrected chi connectivity index (χ3v) is 6.90. The summed E-state index contributed by atoms with van der Waals surface area (Å²) in [5.74, 6) is 2.65. The lowest BCUT2D eigenvalue weighted by atomic mass is 9.90. The summed E-state index contributed by atoms with van der Waals surface area (Å²) in [7, 11) is 0. The standard InChI is InChI=1S/C25H35N5O/c1-2-3-19(7-6-18-4-5-18)14-21-16-26-29-24(21)25-27-22-9-8-20(15-23(22)28-25)17-30-10-12-31-13-11-30/h8-9,15-16,18-19H,2-7,10-14,17H2,1H3,(H,26,29)(H,27,28). The van der Waals surface area contributed by atoms with Crippen molar-refractivity contribution in [2.24, 2.45) is 11.8 Å². The Morgan fingerprint density at radius 2 is 2.06 bits per heavy atom. The van der Waals surface area contributed by atoms with Gasteiger partial charge in [-0.25, -0.2) is 4.98 Å². The lowest BCUT2D eigenvalue weighted by Gasteiger charge is -2.26. The topological polar surface area (TPSA) is 69.8 Å². The zero-order chi connectivity index (χ0) is 21.0. The molecule has 2 fully saturated rings. The first-order valence-electron chi connectivity index (χ1n) is 12.1. The SMILES string of the molecule is CCCC(CCC1CC1)Cc1cn[nH]c1-c1nc2ccc(CN3CCOCC3)cc2[nH]1. The maximum Gasteiger partial charge on any atom is 0.156 e. The molecule has 0 amide bonds. The number of rotatable bonds is 10. The molecule has 0 spiro atoms. The minimum absolute atomic E-state index is 0.742. The molecule has 1 atom stereocenters. The van der Waals surface area contributed by atoms with E-state index in [1.54, 1.807) is 0 Å². The van der Waals surface area contributed by atoms with E-state index in [0.29, 0.717) is 0 Å². The average molecular weight is 422 g/mol. The number of morpholine rings is 1. The van der Waals surface area contributed by atoms with Gasteiger partial charge in [0.05, 0.1) is 30.4 Å². The average Bonchev–Trinajstić information content (AvgIpc) is 3.34. The van der Waals surface area contributed by atoms with Gasteiger partial charge in [0.15, 0.2) is 5.82 Å². The van der Waals surface area contributed by atoms with Gasteiger partial charge in [0.2, 0.25) is 0 Å². The van der Waals surface area contributed by atoms with Crippen LogP contribution < -0.4 is 0 Å². The van der Waals surface area contributed by atoms with Crippen LogP contribution in [0.3, 0.4) is 0 Å². The summed E-state index contributed by atoms with van der Waals surface area (Å²) in [6.07, 6.45) is 11.3. The van der Waals surface area contributed by atoms with Crippen LogP contribution in [0.5, 0.6) is 0 Å². The molecule has 6 nitrogen and oxygen atoms in total. The van der Waals surface area contributed by atoms with Gasteiger partial charge in [0.25, 0.3) is 0 Å². The molecule has 1 aliphatic heterocycles. The number of nitrogens with one attached hydrogen (secondary N) is 2. The zero-order valence-electron chi connectivity index (χ0n) is 18.7. The summed E-state index contributed by atoms with van der Waals surface area (Å²) in [5.41, 5.74) is 5.78. The lowest BCUT2D eigenvalue weighted by Crippen LogP contribution is -2.35. The highest BCUT2D eigenvalue weighted by Gasteiger charge is 2.23. The van der Waals surface area contributed by atoms with E-state index in [9.17, 15) is 0 Å². The predicted molar refractivity (Wildman–Crippen MR) is 124 cm³/mol. The van der Waals surface area contributed by atoms with Crippen molar-refractivity contribution in [3.63, 3.8) is 0 Å². The van der Waals surface area contributed by atoms with Crippen LogP contribution in [0.15, 0.2) is 24.4 Å². The van der Waals surface area contributed by atoms with E-state index < -0.39 is 0 Å². The number of nitrogens with zero attached hydrogens (tertiary/aromatic N) is 3. The molecular weight excluding hydrogens is 386 g/mol. The number of fused-ring (bicyclic) bond motifs is 1. The minimum Gasteiger partial charge on any atom is -0.379 e. The summed E-state index contributed by atoms with van der Waals surface area (Å²) < 4.78 is 5.47. The van der Waals surface area contributed by atoms with E-state index in [-0.39, 0.29) is 0 Å². The molecule has 0 bridgehead atoms. The number of H-pyrrole nitrogens is 2. The molecule has 1 unspecified atom stereocenters. The van der Waals surface area contributed by atoms with E-state index >= 15 is 0 Å². The molecule has 3 aromatic rings. The fourth-order valence-electron chi connectivity index (χ4n) is 4.91. The number of ether oxygens (including phenoxy) is 1. The molecule has 6 heteroatoms. The molecule has 2 aliphatic rings. The largest absolute Gasteiger partial charge is 0.379 e. The monoisotopic (exact) mass is 421 g/mol. The third kappa shape index (κ3) is 5.18. The fraction of sp³-hybridized carbons (Fsp3) is 0.600. The summed E-state index contributed by atoms with van der Waals surface area (Å²) in [4.78, 5) is 10.9. The molecule has 5 rings (SSSR count). The van der Waals surface area contributed by atoms with E-state index in [2.05, 4.69) is 45.2 Å². The zero-order valence-corrected chi connectivity index (χ0v) is 18.7. The number of aromatic amines is 2. The Hall–Kier alpha value is -2.18. The molecule has 166 valence electrons. The first-order chi connectivity index (χ1) is 15.3. The van der Waals surface area contributed by atoms with E-state index in [0.717, 1.165) is 73.7 Å². The predicted octanol–water partition coefficient (Wildman–Crippen LogP) is 4.93. The van der Waals surface area contributed by atoms with Crippen LogP contribution in [0.25, 0.3) is 22.6 Å². The lowest BCUT2D eigenvalue weighted by molar-refractivity contribution is 0.0342. The normalized spacial score (nSPS) is 18.6. The van der Waals surface area contributed by atoms with Gasteiger partial charge in [-0.1, -0.05) is 45.1 Å². The van der Waals surface area contributed by atoms with Gasteiger partial charge in [-0.3, -0.25) is 10.00 Å². The van der Waals surface area contributed by atoms with Gasteiger partial charge in [-0.2, -0.15) is 5.10 Å². The first-order valence-corrected chi connectivity index (χ1v) is 12.1. The molecule has 31 heavy (non-hydrogen) atoms. The number of benzene rings is 1. The van der Waals surface area contributed by atoms with E-state index in [1.807, 2.05) is 6.20 Å². The second-order valence-corrected chi connectivity index (χ2v) is 9.48. The van der Waals surface area contributed by atoms with Gasteiger partial charge in [-0.05, 0) is 42.4 Å². The smallest absolute Gasteiger partial charge is 0.156 e. The second kappa shape index (κ2) is 9.53. The Labute approximate surface area is 184 Å². The Balaban J connectivity index is 1.31. The third-order valence-electron chi connectivity index (χ3n) is 6.90. The quantitative estimate of drug-likeness (QED) is 0.487. The summed E-state index contributed by atoms with van der Waals surface area (Å²) >= 11 is 0. The Morgan fingerprint density at radius 3 is 2.87 bits per heavy atom. The van der Waals surface area contributed by atoms with Crippen molar-refractivity contribution in [3.8, 4) is 11.5 Å². The summed E-state index contributed by atoms with van der Waals surface area (Å²) in [6.45, 7) is 6.93. The van der Waals surface area contributed by atoms with Gasteiger partial charge in [-0.15, -0.1) is 0 Å². The Kier molecular flexibility index (Phi) is 6.37. The molecule has 2 aromatic heterocycles. The summed E-state index contributed by atoms with van der Waals surface area (Å²) in [6, 6.07) is 6.58. The number of aromatic nitrogens is 4. The van der Waals surface area contributed by atoms with Crippen molar-refractivity contribution < 1.29 is 4.74 Å². The second-order valence-electron chi connectivity index (χ2n) is 9.48. The molecule has 1 saturated carbocycles. The van der Waals surface area contributed by atoms with Crippen molar-refractivity contribution >= 4 is 11.0 Å². The van der Waals surface area contributed by atoms with Crippen molar-refractivity contribution in [2.75, 3.05) is 26.3 Å². The van der Waals surface area contributed by atoms with Crippen LogP contribution in [-0.2, 0) is 17.7 Å². The highest BCUT2D eigenvalue weighted by molar-refractivity contribution is 5.79. The van der Waals surface area contributed by atoms with Gasteiger partial charge >= 0.3 is 0 Å². The highest BCUT2D eigenvalue weighted by Crippen LogP contribution is 2.36. The maximum atomic E-state index is 5.47. The van der Waals surface area contributed by atoms with Gasteiger partial charge < -0.3 is 9.72 Å². The van der Waals surface area contributed by atoms with E-state index in [4.69, 9.17) is 9.72 Å². The molecule has 0 radical (unpaired) electrons. The van der Waals surface area contributed by atoms with Gasteiger partial charge in [0, 0.05) is 25.2 Å². The molecule has 1 saturated heterocycles. The van der Waals surface area contributed by atoms with Gasteiger partial charge in [0.1, 0.15) is 5.69 Å². The summed E-state index contributed by atoms with van der Waals surface area (Å²) in [5, 5.41) is 7.60. The van der Waals surface area contributed by atoms with Crippen LogP contribution >= 0.6 is 0 Å². The number of imidazole rings is 1. The van der Waals surface area contributed by atoms with Crippen molar-refractivity contribution in [3.05, 3.63) is 35.5 Å². The number of hydrogen-bond donors (Lipinski definition) is 2. The fourth-order valence-corrected chi connectivity index (χ4v) is 4.91. The Bertz CT molecular complexity index is 983. The highest BCUT2D eigenvalue weighted by atomic mass is 16.5. The molecule has 1 aliphatic carbocycles. The van der Waals surface area contributed by atoms with Crippen LogP contribution in [0, 0.1) is 11.8 Å². The van der Waals surface area contributed by atoms with Crippen molar-refractivity contribution in [1.29, 1.82) is 0 Å². The molecular formula is C25H35N5O. The maximum absolute atomic E-state index is 5.47. The van der Waals surface area contributed by atoms with Crippen LogP contribution in [0.4, 0.5) is 0 Å². The molecule has 1 aromatic carbocycles. The van der Waals surface area contributed by atoms with Crippen LogP contribution in [0.2, 0.25) is 0 Å². The van der Waals surface area contributed by atoms with E-state index in [1.165, 1.54) is 49.7 Å². The van der Waals surface area contributed by atoms with Crippen LogP contribution in [-0.4, -0.2) is 51.4 Å². The van der Waals surface area contributed by atoms with Crippen molar-refractivity contribution in [2.45, 2.75) is 58.4 Å². The Morgan fingerprint density at radius 1 is 1.19 bits per heavy atom.